The lowest BCUT2D eigenvalue weighted by Gasteiger charge is -2.32. The summed E-state index contributed by atoms with van der Waals surface area (Å²) in [4.78, 5) is 14.6. The zero-order valence-corrected chi connectivity index (χ0v) is 15.1. The zero-order valence-electron chi connectivity index (χ0n) is 13.5. The predicted octanol–water partition coefficient (Wildman–Crippen LogP) is 2.61. The quantitative estimate of drug-likeness (QED) is 0.897. The first kappa shape index (κ1) is 17.3. The summed E-state index contributed by atoms with van der Waals surface area (Å²) >= 11 is 1.66. The maximum absolute atomic E-state index is 12.5. The molecule has 1 heterocycles. The zero-order chi connectivity index (χ0) is 16.7. The number of thioether (sulfide) groups is 1. The fourth-order valence-electron chi connectivity index (χ4n) is 2.34. The molecule has 0 saturated carbocycles. The lowest BCUT2D eigenvalue weighted by Crippen LogP contribution is -2.41. The monoisotopic (exact) mass is 342 g/mol. The molecule has 0 spiro atoms. The standard InChI is InChI=1S/C15H22N2O3S2/c1-10-9-17(11(2)18)13-8-12(6-7-14(13)21-10)22(19,20)16-15(3,4)5/h6-8,10,16H,9H2,1-5H3. The maximum atomic E-state index is 12.5. The molecule has 1 atom stereocenters. The van der Waals surface area contributed by atoms with Gasteiger partial charge in [0, 0.05) is 29.2 Å². The van der Waals surface area contributed by atoms with E-state index in [0.717, 1.165) is 4.90 Å². The van der Waals surface area contributed by atoms with E-state index in [9.17, 15) is 13.2 Å². The fourth-order valence-corrected chi connectivity index (χ4v) is 4.88. The Morgan fingerprint density at radius 2 is 2.00 bits per heavy atom. The Morgan fingerprint density at radius 3 is 2.55 bits per heavy atom. The fraction of sp³-hybridized carbons (Fsp3) is 0.533. The molecule has 0 bridgehead atoms. The van der Waals surface area contributed by atoms with E-state index >= 15 is 0 Å². The molecule has 22 heavy (non-hydrogen) atoms. The van der Waals surface area contributed by atoms with E-state index in [-0.39, 0.29) is 16.1 Å². The van der Waals surface area contributed by atoms with Crippen LogP contribution in [0.3, 0.4) is 0 Å². The molecule has 7 heteroatoms. The summed E-state index contributed by atoms with van der Waals surface area (Å²) in [5, 5.41) is 0.284. The van der Waals surface area contributed by atoms with E-state index in [1.54, 1.807) is 55.6 Å². The number of nitrogens with one attached hydrogen (secondary N) is 1. The third kappa shape index (κ3) is 3.83. The Labute approximate surface area is 136 Å². The van der Waals surface area contributed by atoms with Gasteiger partial charge in [0.05, 0.1) is 10.6 Å². The Balaban J connectivity index is 2.47. The van der Waals surface area contributed by atoms with Crippen molar-refractivity contribution in [3.63, 3.8) is 0 Å². The van der Waals surface area contributed by atoms with Crippen LogP contribution in [0.1, 0.15) is 34.6 Å². The van der Waals surface area contributed by atoms with Gasteiger partial charge in [-0.1, -0.05) is 6.92 Å². The topological polar surface area (TPSA) is 66.5 Å². The van der Waals surface area contributed by atoms with Gasteiger partial charge in [0.2, 0.25) is 15.9 Å². The number of hydrogen-bond donors (Lipinski definition) is 1. The highest BCUT2D eigenvalue weighted by molar-refractivity contribution is 8.00. The van der Waals surface area contributed by atoms with Gasteiger partial charge in [-0.05, 0) is 39.0 Å². The third-order valence-electron chi connectivity index (χ3n) is 3.12. The second-order valence-corrected chi connectivity index (χ2v) is 9.71. The van der Waals surface area contributed by atoms with Crippen molar-refractivity contribution in [2.45, 2.75) is 55.2 Å². The minimum absolute atomic E-state index is 0.0771. The number of benzene rings is 1. The number of amides is 1. The summed E-state index contributed by atoms with van der Waals surface area (Å²) in [5.74, 6) is -0.0771. The lowest BCUT2D eigenvalue weighted by molar-refractivity contribution is -0.116. The average molecular weight is 342 g/mol. The predicted molar refractivity (Wildman–Crippen MR) is 89.9 cm³/mol. The van der Waals surface area contributed by atoms with Crippen LogP contribution in [-0.2, 0) is 14.8 Å². The number of anilines is 1. The molecule has 0 aliphatic carbocycles. The molecule has 1 aromatic rings. The van der Waals surface area contributed by atoms with Gasteiger partial charge in [0.25, 0.3) is 0 Å². The molecule has 0 saturated heterocycles. The molecule has 2 rings (SSSR count). The second-order valence-electron chi connectivity index (χ2n) is 6.54. The van der Waals surface area contributed by atoms with Gasteiger partial charge in [-0.3, -0.25) is 4.79 Å². The highest BCUT2D eigenvalue weighted by atomic mass is 32.2. The summed E-state index contributed by atoms with van der Waals surface area (Å²) in [6.45, 7) is 9.52. The first-order valence-electron chi connectivity index (χ1n) is 7.12. The van der Waals surface area contributed by atoms with Crippen molar-refractivity contribution in [3.8, 4) is 0 Å². The Bertz CT molecular complexity index is 693. The highest BCUT2D eigenvalue weighted by Crippen LogP contribution is 2.39. The van der Waals surface area contributed by atoms with Gasteiger partial charge >= 0.3 is 0 Å². The van der Waals surface area contributed by atoms with Crippen molar-refractivity contribution in [2.24, 2.45) is 0 Å². The molecule has 1 unspecified atom stereocenters. The number of carbonyl (C=O) groups excluding carboxylic acids is 1. The van der Waals surface area contributed by atoms with Crippen LogP contribution >= 0.6 is 11.8 Å². The van der Waals surface area contributed by atoms with E-state index < -0.39 is 15.6 Å². The summed E-state index contributed by atoms with van der Waals surface area (Å²) in [6.07, 6.45) is 0. The first-order valence-corrected chi connectivity index (χ1v) is 9.49. The highest BCUT2D eigenvalue weighted by Gasteiger charge is 2.28. The van der Waals surface area contributed by atoms with Gasteiger partial charge in [-0.2, -0.15) is 0 Å². The number of rotatable bonds is 2. The number of nitrogens with zero attached hydrogens (tertiary/aromatic N) is 1. The van der Waals surface area contributed by atoms with E-state index in [1.807, 2.05) is 0 Å². The molecule has 0 fully saturated rings. The van der Waals surface area contributed by atoms with Gasteiger partial charge in [0.1, 0.15) is 0 Å². The summed E-state index contributed by atoms with van der Waals surface area (Å²) in [6, 6.07) is 4.96. The largest absolute Gasteiger partial charge is 0.310 e. The van der Waals surface area contributed by atoms with E-state index in [2.05, 4.69) is 11.6 Å². The molecule has 1 amide bonds. The van der Waals surface area contributed by atoms with Crippen molar-refractivity contribution >= 4 is 33.4 Å². The van der Waals surface area contributed by atoms with Gasteiger partial charge in [-0.15, -0.1) is 11.8 Å². The molecule has 5 nitrogen and oxygen atoms in total. The normalized spacial score (nSPS) is 19.0. The van der Waals surface area contributed by atoms with Crippen LogP contribution in [-0.4, -0.2) is 31.7 Å². The van der Waals surface area contributed by atoms with Crippen molar-refractivity contribution in [1.82, 2.24) is 4.72 Å². The number of carbonyl (C=O) groups is 1. The van der Waals surface area contributed by atoms with Crippen LogP contribution in [0.2, 0.25) is 0 Å². The van der Waals surface area contributed by atoms with Crippen molar-refractivity contribution in [3.05, 3.63) is 18.2 Å². The molecule has 1 aliphatic heterocycles. The molecule has 1 aliphatic rings. The van der Waals surface area contributed by atoms with E-state index in [0.29, 0.717) is 12.2 Å². The van der Waals surface area contributed by atoms with E-state index in [4.69, 9.17) is 0 Å². The minimum atomic E-state index is -3.61. The number of fused-ring (bicyclic) bond motifs is 1. The Hall–Kier alpha value is -1.05. The smallest absolute Gasteiger partial charge is 0.241 e. The summed E-state index contributed by atoms with van der Waals surface area (Å²) in [5.41, 5.74) is 0.116. The van der Waals surface area contributed by atoms with Crippen LogP contribution in [0.25, 0.3) is 0 Å². The molecule has 0 radical (unpaired) electrons. The van der Waals surface area contributed by atoms with Crippen molar-refractivity contribution < 1.29 is 13.2 Å². The van der Waals surface area contributed by atoms with Crippen LogP contribution in [0.5, 0.6) is 0 Å². The number of sulfonamides is 1. The van der Waals surface area contributed by atoms with Gasteiger partial charge in [0.15, 0.2) is 0 Å². The summed E-state index contributed by atoms with van der Waals surface area (Å²) < 4.78 is 27.5. The molecule has 1 N–H and O–H groups in total. The summed E-state index contributed by atoms with van der Waals surface area (Å²) in [7, 11) is -3.61. The van der Waals surface area contributed by atoms with Crippen molar-refractivity contribution in [2.75, 3.05) is 11.4 Å². The third-order valence-corrected chi connectivity index (χ3v) is 6.03. The Kier molecular flexibility index (Phi) is 4.61. The average Bonchev–Trinajstić information content (AvgIpc) is 2.34. The Morgan fingerprint density at radius 1 is 1.36 bits per heavy atom. The molecule has 0 aromatic heterocycles. The van der Waals surface area contributed by atoms with Gasteiger partial charge in [-0.25, -0.2) is 13.1 Å². The molecular weight excluding hydrogens is 320 g/mol. The number of hydrogen-bond acceptors (Lipinski definition) is 4. The van der Waals surface area contributed by atoms with Crippen molar-refractivity contribution in [1.29, 1.82) is 0 Å². The first-order chi connectivity index (χ1) is 9.99. The van der Waals surface area contributed by atoms with Crippen LogP contribution in [0.15, 0.2) is 28.0 Å². The van der Waals surface area contributed by atoms with Crippen LogP contribution in [0, 0.1) is 0 Å². The molecule has 122 valence electrons. The van der Waals surface area contributed by atoms with E-state index in [1.165, 1.54) is 6.92 Å². The SMILES string of the molecule is CC(=O)N1CC(C)Sc2ccc(S(=O)(=O)NC(C)(C)C)cc21. The minimum Gasteiger partial charge on any atom is -0.310 e. The molecular formula is C15H22N2O3S2. The lowest BCUT2D eigenvalue weighted by atomic mass is 10.1. The maximum Gasteiger partial charge on any atom is 0.241 e. The molecule has 1 aromatic carbocycles. The second kappa shape index (κ2) is 5.86. The van der Waals surface area contributed by atoms with Gasteiger partial charge < -0.3 is 4.90 Å². The van der Waals surface area contributed by atoms with Crippen LogP contribution < -0.4 is 9.62 Å². The van der Waals surface area contributed by atoms with Crippen LogP contribution in [0.4, 0.5) is 5.69 Å².